The molecule has 0 spiro atoms. The van der Waals surface area contributed by atoms with E-state index < -0.39 is 0 Å². The summed E-state index contributed by atoms with van der Waals surface area (Å²) in [6.07, 6.45) is 5.27. The highest BCUT2D eigenvalue weighted by Gasteiger charge is 2.39. The number of fused-ring (bicyclic) bond motifs is 3. The molecule has 3 aliphatic heterocycles. The van der Waals surface area contributed by atoms with Crippen LogP contribution in [-0.2, 0) is 16.1 Å². The van der Waals surface area contributed by atoms with Crippen molar-refractivity contribution in [3.05, 3.63) is 11.9 Å². The molecule has 0 aliphatic carbocycles. The molecule has 1 amide bonds. The Bertz CT molecular complexity index is 552. The monoisotopic (exact) mass is 305 g/mol. The molecule has 2 saturated heterocycles. The average Bonchev–Trinajstić information content (AvgIpc) is 3.03. The van der Waals surface area contributed by atoms with Crippen molar-refractivity contribution in [3.63, 3.8) is 0 Å². The summed E-state index contributed by atoms with van der Waals surface area (Å²) < 4.78 is 8.03. The maximum absolute atomic E-state index is 11.5. The van der Waals surface area contributed by atoms with Gasteiger partial charge in [-0.25, -0.2) is 4.68 Å². The van der Waals surface area contributed by atoms with Crippen molar-refractivity contribution in [2.75, 3.05) is 26.2 Å². The number of ether oxygens (including phenoxy) is 1. The van der Waals surface area contributed by atoms with E-state index in [4.69, 9.17) is 4.74 Å². The molecule has 2 atom stereocenters. The fourth-order valence-electron chi connectivity index (χ4n) is 4.08. The SMILES string of the molecule is CC(=O)N1CCC(N2CC[C@@H]3OCc4cnnn4[C@@H]3C2)CC1. The predicted octanol–water partition coefficient (Wildman–Crippen LogP) is 0.435. The van der Waals surface area contributed by atoms with Crippen LogP contribution >= 0.6 is 0 Å². The van der Waals surface area contributed by atoms with Gasteiger partial charge in [0.15, 0.2) is 0 Å². The minimum atomic E-state index is 0.199. The molecular weight excluding hydrogens is 282 g/mol. The van der Waals surface area contributed by atoms with Gasteiger partial charge in [-0.2, -0.15) is 0 Å². The van der Waals surface area contributed by atoms with Gasteiger partial charge in [-0.15, -0.1) is 5.10 Å². The van der Waals surface area contributed by atoms with Gasteiger partial charge in [0.2, 0.25) is 5.91 Å². The number of hydrogen-bond acceptors (Lipinski definition) is 5. The lowest BCUT2D eigenvalue weighted by atomic mass is 9.95. The fraction of sp³-hybridized carbons (Fsp3) is 0.800. The first-order valence-electron chi connectivity index (χ1n) is 8.22. The lowest BCUT2D eigenvalue weighted by molar-refractivity contribution is -0.130. The number of rotatable bonds is 1. The minimum Gasteiger partial charge on any atom is -0.370 e. The Balaban J connectivity index is 1.43. The molecule has 7 heteroatoms. The quantitative estimate of drug-likeness (QED) is 0.753. The maximum atomic E-state index is 11.5. The number of nitrogens with zero attached hydrogens (tertiary/aromatic N) is 5. The molecule has 2 fully saturated rings. The van der Waals surface area contributed by atoms with Crippen LogP contribution in [-0.4, -0.2) is 69.0 Å². The van der Waals surface area contributed by atoms with E-state index in [2.05, 4.69) is 19.9 Å². The average molecular weight is 305 g/mol. The Labute approximate surface area is 130 Å². The van der Waals surface area contributed by atoms with Crippen LogP contribution in [0.2, 0.25) is 0 Å². The van der Waals surface area contributed by atoms with E-state index in [1.165, 1.54) is 0 Å². The Kier molecular flexibility index (Phi) is 3.62. The highest BCUT2D eigenvalue weighted by atomic mass is 16.5. The van der Waals surface area contributed by atoms with E-state index >= 15 is 0 Å². The molecule has 4 heterocycles. The van der Waals surface area contributed by atoms with E-state index in [0.29, 0.717) is 12.6 Å². The summed E-state index contributed by atoms with van der Waals surface area (Å²) in [7, 11) is 0. The van der Waals surface area contributed by atoms with Crippen molar-refractivity contribution in [1.82, 2.24) is 24.8 Å². The number of hydrogen-bond donors (Lipinski definition) is 0. The van der Waals surface area contributed by atoms with Gasteiger partial charge in [0.1, 0.15) is 0 Å². The van der Waals surface area contributed by atoms with E-state index in [1.807, 2.05) is 4.90 Å². The second-order valence-corrected chi connectivity index (χ2v) is 6.61. The van der Waals surface area contributed by atoms with Crippen molar-refractivity contribution in [2.45, 2.75) is 51.0 Å². The van der Waals surface area contributed by atoms with Crippen LogP contribution in [0.15, 0.2) is 6.20 Å². The Hall–Kier alpha value is -1.47. The van der Waals surface area contributed by atoms with Gasteiger partial charge < -0.3 is 9.64 Å². The van der Waals surface area contributed by atoms with E-state index in [0.717, 1.165) is 51.1 Å². The van der Waals surface area contributed by atoms with Crippen LogP contribution in [0.25, 0.3) is 0 Å². The second kappa shape index (κ2) is 5.62. The molecule has 22 heavy (non-hydrogen) atoms. The fourth-order valence-corrected chi connectivity index (χ4v) is 4.08. The third-order valence-corrected chi connectivity index (χ3v) is 5.39. The van der Waals surface area contributed by atoms with E-state index in [1.54, 1.807) is 13.1 Å². The molecule has 1 aromatic heterocycles. The van der Waals surface area contributed by atoms with Crippen LogP contribution in [0.5, 0.6) is 0 Å². The summed E-state index contributed by atoms with van der Waals surface area (Å²) in [6, 6.07) is 0.858. The number of carbonyl (C=O) groups is 1. The normalized spacial score (nSPS) is 30.0. The molecule has 120 valence electrons. The summed E-state index contributed by atoms with van der Waals surface area (Å²) in [6.45, 7) is 6.12. The summed E-state index contributed by atoms with van der Waals surface area (Å²) in [5.41, 5.74) is 1.08. The Morgan fingerprint density at radius 3 is 2.86 bits per heavy atom. The van der Waals surface area contributed by atoms with Gasteiger partial charge in [0.25, 0.3) is 0 Å². The molecule has 3 aliphatic rings. The van der Waals surface area contributed by atoms with Crippen LogP contribution in [0, 0.1) is 0 Å². The molecule has 0 saturated carbocycles. The zero-order chi connectivity index (χ0) is 15.1. The zero-order valence-corrected chi connectivity index (χ0v) is 13.0. The first-order valence-corrected chi connectivity index (χ1v) is 8.22. The van der Waals surface area contributed by atoms with Crippen molar-refractivity contribution >= 4 is 5.91 Å². The van der Waals surface area contributed by atoms with Gasteiger partial charge in [0.05, 0.1) is 30.6 Å². The van der Waals surface area contributed by atoms with Gasteiger partial charge in [-0.05, 0) is 19.3 Å². The minimum absolute atomic E-state index is 0.199. The van der Waals surface area contributed by atoms with E-state index in [9.17, 15) is 4.79 Å². The van der Waals surface area contributed by atoms with Gasteiger partial charge in [-0.3, -0.25) is 9.69 Å². The highest BCUT2D eigenvalue weighted by molar-refractivity contribution is 5.73. The van der Waals surface area contributed by atoms with E-state index in [-0.39, 0.29) is 18.1 Å². The van der Waals surface area contributed by atoms with Crippen LogP contribution in [0.4, 0.5) is 0 Å². The molecule has 0 radical (unpaired) electrons. The number of piperidine rings is 2. The number of carbonyl (C=O) groups excluding carboxylic acids is 1. The Morgan fingerprint density at radius 1 is 1.27 bits per heavy atom. The predicted molar refractivity (Wildman–Crippen MR) is 79.1 cm³/mol. The van der Waals surface area contributed by atoms with Crippen molar-refractivity contribution in [3.8, 4) is 0 Å². The molecule has 0 aromatic carbocycles. The third-order valence-electron chi connectivity index (χ3n) is 5.39. The topological polar surface area (TPSA) is 63.5 Å². The highest BCUT2D eigenvalue weighted by Crippen LogP contribution is 2.32. The molecule has 1 aromatic rings. The summed E-state index contributed by atoms with van der Waals surface area (Å²) >= 11 is 0. The lowest BCUT2D eigenvalue weighted by Crippen LogP contribution is -2.54. The largest absolute Gasteiger partial charge is 0.370 e. The zero-order valence-electron chi connectivity index (χ0n) is 13.0. The molecule has 0 unspecified atom stereocenters. The Morgan fingerprint density at radius 2 is 2.09 bits per heavy atom. The van der Waals surface area contributed by atoms with Crippen molar-refractivity contribution in [2.24, 2.45) is 0 Å². The van der Waals surface area contributed by atoms with Crippen LogP contribution in [0.1, 0.15) is 37.9 Å². The number of aromatic nitrogens is 3. The summed E-state index contributed by atoms with van der Waals surface area (Å²) in [5.74, 6) is 0.199. The lowest BCUT2D eigenvalue weighted by Gasteiger charge is -2.45. The third kappa shape index (κ3) is 2.42. The first kappa shape index (κ1) is 14.1. The van der Waals surface area contributed by atoms with Crippen LogP contribution in [0.3, 0.4) is 0 Å². The van der Waals surface area contributed by atoms with Gasteiger partial charge in [-0.1, -0.05) is 5.21 Å². The smallest absolute Gasteiger partial charge is 0.219 e. The molecule has 4 rings (SSSR count). The van der Waals surface area contributed by atoms with Gasteiger partial charge in [0, 0.05) is 39.1 Å². The second-order valence-electron chi connectivity index (χ2n) is 6.61. The van der Waals surface area contributed by atoms with Crippen LogP contribution < -0.4 is 0 Å². The van der Waals surface area contributed by atoms with Crippen molar-refractivity contribution in [1.29, 1.82) is 0 Å². The maximum Gasteiger partial charge on any atom is 0.219 e. The molecule has 0 N–H and O–H groups in total. The molecule has 7 nitrogen and oxygen atoms in total. The molecule has 0 bridgehead atoms. The number of amides is 1. The summed E-state index contributed by atoms with van der Waals surface area (Å²) in [4.78, 5) is 16.0. The van der Waals surface area contributed by atoms with Crippen molar-refractivity contribution < 1.29 is 9.53 Å². The standard InChI is InChI=1S/C15H23N5O2/c1-11(21)18-5-2-12(3-6-18)19-7-4-15-14(9-19)20-13(10-22-15)8-16-17-20/h8,12,14-15H,2-7,9-10H2,1H3/t14-,15+/m1/s1. The number of likely N-dealkylation sites (tertiary alicyclic amines) is 2. The molecular formula is C15H23N5O2. The first-order chi connectivity index (χ1) is 10.7. The summed E-state index contributed by atoms with van der Waals surface area (Å²) in [5, 5.41) is 8.30. The van der Waals surface area contributed by atoms with Gasteiger partial charge >= 0.3 is 0 Å².